The van der Waals surface area contributed by atoms with Crippen molar-refractivity contribution in [1.82, 2.24) is 20.2 Å². The summed E-state index contributed by atoms with van der Waals surface area (Å²) in [5, 5.41) is 16.0. The van der Waals surface area contributed by atoms with Crippen molar-refractivity contribution in [1.29, 1.82) is 0 Å². The van der Waals surface area contributed by atoms with Crippen LogP contribution in [0.1, 0.15) is 25.0 Å². The van der Waals surface area contributed by atoms with E-state index in [4.69, 9.17) is 0 Å². The lowest BCUT2D eigenvalue weighted by molar-refractivity contribution is 0.976. The van der Waals surface area contributed by atoms with E-state index in [1.807, 2.05) is 30.3 Å². The van der Waals surface area contributed by atoms with Gasteiger partial charge in [0.25, 0.3) is 0 Å². The van der Waals surface area contributed by atoms with E-state index >= 15 is 0 Å². The Morgan fingerprint density at radius 1 is 0.857 bits per heavy atom. The number of fused-ring (bicyclic) bond motifs is 1. The lowest BCUT2D eigenvalue weighted by Crippen LogP contribution is -2.06. The molecule has 6 heteroatoms. The Morgan fingerprint density at radius 3 is 2.39 bits per heavy atom. The number of hydrogen-bond acceptors (Lipinski definition) is 6. The first kappa shape index (κ1) is 17.9. The van der Waals surface area contributed by atoms with E-state index in [1.165, 1.54) is 11.1 Å². The Bertz CT molecular complexity index is 1080. The van der Waals surface area contributed by atoms with Crippen molar-refractivity contribution in [2.45, 2.75) is 26.7 Å². The molecule has 0 saturated carbocycles. The van der Waals surface area contributed by atoms with E-state index in [0.29, 0.717) is 11.8 Å². The highest BCUT2D eigenvalue weighted by molar-refractivity contribution is 5.91. The third-order valence-corrected chi connectivity index (χ3v) is 4.69. The maximum atomic E-state index is 4.60. The van der Waals surface area contributed by atoms with E-state index in [0.717, 1.165) is 35.1 Å². The fraction of sp³-hybridized carbons (Fsp3) is 0.182. The van der Waals surface area contributed by atoms with Gasteiger partial charge in [0.1, 0.15) is 0 Å². The van der Waals surface area contributed by atoms with Gasteiger partial charge in [-0.15, -0.1) is 5.10 Å². The summed E-state index contributed by atoms with van der Waals surface area (Å²) in [7, 11) is 0. The van der Waals surface area contributed by atoms with Gasteiger partial charge in [-0.1, -0.05) is 50.2 Å². The van der Waals surface area contributed by atoms with Crippen molar-refractivity contribution in [2.75, 3.05) is 10.6 Å². The van der Waals surface area contributed by atoms with Crippen LogP contribution >= 0.6 is 0 Å². The summed E-state index contributed by atoms with van der Waals surface area (Å²) >= 11 is 0. The van der Waals surface area contributed by atoms with Crippen LogP contribution in [0.2, 0.25) is 0 Å². The molecule has 28 heavy (non-hydrogen) atoms. The zero-order valence-electron chi connectivity index (χ0n) is 16.0. The molecule has 0 aliphatic rings. The third-order valence-electron chi connectivity index (χ3n) is 4.69. The average Bonchev–Trinajstić information content (AvgIpc) is 2.74. The Kier molecular flexibility index (Phi) is 5.10. The Labute approximate surface area is 164 Å². The summed E-state index contributed by atoms with van der Waals surface area (Å²) < 4.78 is 0. The molecule has 140 valence electrons. The molecule has 6 nitrogen and oxygen atoms in total. The van der Waals surface area contributed by atoms with E-state index < -0.39 is 0 Å². The molecule has 0 amide bonds. The zero-order chi connectivity index (χ0) is 19.3. The molecule has 2 heterocycles. The molecule has 2 aromatic heterocycles. The highest BCUT2D eigenvalue weighted by Gasteiger charge is 2.10. The first-order chi connectivity index (χ1) is 13.8. The summed E-state index contributed by atoms with van der Waals surface area (Å²) in [4.78, 5) is 9.07. The first-order valence-electron chi connectivity index (χ1n) is 9.46. The third kappa shape index (κ3) is 3.62. The van der Waals surface area contributed by atoms with Gasteiger partial charge < -0.3 is 10.6 Å². The number of benzene rings is 2. The van der Waals surface area contributed by atoms with Crippen molar-refractivity contribution >= 4 is 34.0 Å². The lowest BCUT2D eigenvalue weighted by Gasteiger charge is -2.14. The molecule has 2 aromatic carbocycles. The van der Waals surface area contributed by atoms with Crippen LogP contribution in [0.3, 0.4) is 0 Å². The molecule has 0 aliphatic heterocycles. The SMILES string of the molecule is CCc1cccc(CC)c1Nc1nncc(Nc2cccc3cccnc23)n1. The predicted molar refractivity (Wildman–Crippen MR) is 113 cm³/mol. The Morgan fingerprint density at radius 2 is 1.61 bits per heavy atom. The summed E-state index contributed by atoms with van der Waals surface area (Å²) in [6, 6.07) is 16.3. The second kappa shape index (κ2) is 8.00. The molecule has 0 fully saturated rings. The molecule has 0 unspecified atom stereocenters. The molecule has 2 N–H and O–H groups in total. The fourth-order valence-corrected chi connectivity index (χ4v) is 3.27. The number of hydrogen-bond donors (Lipinski definition) is 2. The second-order valence-electron chi connectivity index (χ2n) is 6.45. The van der Waals surface area contributed by atoms with Gasteiger partial charge in [-0.2, -0.15) is 10.1 Å². The average molecular weight is 370 g/mol. The number of rotatable bonds is 6. The van der Waals surface area contributed by atoms with Gasteiger partial charge in [0.2, 0.25) is 5.95 Å². The zero-order valence-corrected chi connectivity index (χ0v) is 16.0. The molecular formula is C22H22N6. The minimum Gasteiger partial charge on any atom is -0.337 e. The minimum atomic E-state index is 0.466. The van der Waals surface area contributed by atoms with E-state index in [9.17, 15) is 0 Å². The monoisotopic (exact) mass is 370 g/mol. The summed E-state index contributed by atoms with van der Waals surface area (Å²) in [6.45, 7) is 4.29. The van der Waals surface area contributed by atoms with Crippen LogP contribution in [0.4, 0.5) is 23.1 Å². The van der Waals surface area contributed by atoms with E-state index in [-0.39, 0.29) is 0 Å². The standard InChI is InChI=1S/C22H22N6/c1-3-15-8-5-9-16(4-2)20(15)27-22-26-19(14-24-28-22)25-18-12-6-10-17-11-7-13-23-21(17)18/h5-14H,3-4H2,1-2H3,(H2,25,26,27,28). The van der Waals surface area contributed by atoms with E-state index in [2.05, 4.69) is 62.8 Å². The van der Waals surface area contributed by atoms with Gasteiger partial charge in [0.15, 0.2) is 5.82 Å². The number of nitrogens with zero attached hydrogens (tertiary/aromatic N) is 4. The van der Waals surface area contributed by atoms with Crippen LogP contribution in [0.15, 0.2) is 60.9 Å². The van der Waals surface area contributed by atoms with Crippen LogP contribution in [0.25, 0.3) is 10.9 Å². The molecule has 0 atom stereocenters. The highest BCUT2D eigenvalue weighted by Crippen LogP contribution is 2.26. The molecule has 0 aliphatic carbocycles. The van der Waals surface area contributed by atoms with Gasteiger partial charge >= 0.3 is 0 Å². The summed E-state index contributed by atoms with van der Waals surface area (Å²) in [6.07, 6.45) is 5.26. The number of aromatic nitrogens is 4. The number of nitrogens with one attached hydrogen (secondary N) is 2. The number of aryl methyl sites for hydroxylation is 2. The molecule has 0 spiro atoms. The maximum Gasteiger partial charge on any atom is 0.249 e. The van der Waals surface area contributed by atoms with Crippen LogP contribution < -0.4 is 10.6 Å². The maximum absolute atomic E-state index is 4.60. The quantitative estimate of drug-likeness (QED) is 0.496. The Balaban J connectivity index is 1.64. The van der Waals surface area contributed by atoms with Gasteiger partial charge in [0, 0.05) is 17.3 Å². The molecule has 4 rings (SSSR count). The molecule has 4 aromatic rings. The number of anilines is 4. The molecule has 0 saturated heterocycles. The smallest absolute Gasteiger partial charge is 0.249 e. The van der Waals surface area contributed by atoms with Crippen molar-refractivity contribution in [3.05, 3.63) is 72.1 Å². The highest BCUT2D eigenvalue weighted by atomic mass is 15.3. The van der Waals surface area contributed by atoms with Crippen LogP contribution in [0.5, 0.6) is 0 Å². The van der Waals surface area contributed by atoms with Gasteiger partial charge in [-0.3, -0.25) is 4.98 Å². The van der Waals surface area contributed by atoms with Gasteiger partial charge in [-0.25, -0.2) is 0 Å². The Hall–Kier alpha value is -3.54. The predicted octanol–water partition coefficient (Wildman–Crippen LogP) is 5.03. The summed E-state index contributed by atoms with van der Waals surface area (Å²) in [5.41, 5.74) is 5.31. The second-order valence-corrected chi connectivity index (χ2v) is 6.45. The van der Waals surface area contributed by atoms with E-state index in [1.54, 1.807) is 12.4 Å². The summed E-state index contributed by atoms with van der Waals surface area (Å²) in [5.74, 6) is 1.08. The topological polar surface area (TPSA) is 75.6 Å². The molecular weight excluding hydrogens is 348 g/mol. The van der Waals surface area contributed by atoms with Crippen LogP contribution in [-0.4, -0.2) is 20.2 Å². The normalized spacial score (nSPS) is 10.8. The molecule has 0 radical (unpaired) electrons. The fourth-order valence-electron chi connectivity index (χ4n) is 3.27. The van der Waals surface area contributed by atoms with Crippen molar-refractivity contribution in [3.63, 3.8) is 0 Å². The minimum absolute atomic E-state index is 0.466. The number of para-hydroxylation sites is 2. The largest absolute Gasteiger partial charge is 0.337 e. The van der Waals surface area contributed by atoms with Crippen molar-refractivity contribution in [2.24, 2.45) is 0 Å². The van der Waals surface area contributed by atoms with Crippen molar-refractivity contribution < 1.29 is 0 Å². The van der Waals surface area contributed by atoms with Gasteiger partial charge in [-0.05, 0) is 36.1 Å². The van der Waals surface area contributed by atoms with Gasteiger partial charge in [0.05, 0.1) is 17.4 Å². The lowest BCUT2D eigenvalue weighted by atomic mass is 10.0. The molecule has 0 bridgehead atoms. The number of pyridine rings is 1. The van der Waals surface area contributed by atoms with Crippen LogP contribution in [0, 0.1) is 0 Å². The van der Waals surface area contributed by atoms with Crippen molar-refractivity contribution in [3.8, 4) is 0 Å². The first-order valence-corrected chi connectivity index (χ1v) is 9.46. The van der Waals surface area contributed by atoms with Crippen LogP contribution in [-0.2, 0) is 12.8 Å².